The highest BCUT2D eigenvalue weighted by Gasteiger charge is 2.50. The van der Waals surface area contributed by atoms with Crippen molar-refractivity contribution in [3.63, 3.8) is 0 Å². The topological polar surface area (TPSA) is 30.7 Å². The van der Waals surface area contributed by atoms with Gasteiger partial charge in [-0.2, -0.15) is 0 Å². The van der Waals surface area contributed by atoms with E-state index in [-0.39, 0.29) is 0 Å². The Kier molecular flexibility index (Phi) is 2.99. The van der Waals surface area contributed by atoms with Crippen LogP contribution in [-0.4, -0.2) is 22.8 Å². The van der Waals surface area contributed by atoms with Crippen molar-refractivity contribution in [2.24, 2.45) is 23.7 Å². The maximum absolute atomic E-state index is 4.42. The fourth-order valence-electron chi connectivity index (χ4n) is 4.10. The second-order valence-electron chi connectivity index (χ2n) is 6.75. The molecule has 4 atom stereocenters. The molecule has 3 rings (SSSR count). The maximum Gasteiger partial charge on any atom is 0.133 e. The minimum atomic E-state index is 0.441. The largest absolute Gasteiger partial charge is 0.255 e. The van der Waals surface area contributed by atoms with E-state index in [4.69, 9.17) is 0 Å². The number of hydrogen-bond donors (Lipinski definition) is 0. The van der Waals surface area contributed by atoms with Crippen LogP contribution in [0, 0.1) is 23.7 Å². The lowest BCUT2D eigenvalue weighted by atomic mass is 9.96. The van der Waals surface area contributed by atoms with Crippen molar-refractivity contribution in [1.29, 1.82) is 0 Å². The molecule has 2 aliphatic carbocycles. The molecule has 1 saturated carbocycles. The van der Waals surface area contributed by atoms with Gasteiger partial charge in [0.15, 0.2) is 0 Å². The van der Waals surface area contributed by atoms with Gasteiger partial charge in [0.05, 0.1) is 11.4 Å². The van der Waals surface area contributed by atoms with Crippen LogP contribution >= 0.6 is 0 Å². The number of aryl methyl sites for hydroxylation is 1. The van der Waals surface area contributed by atoms with Crippen molar-refractivity contribution in [3.05, 3.63) is 11.4 Å². The van der Waals surface area contributed by atoms with Crippen LogP contribution in [0.4, 0.5) is 0 Å². The predicted molar refractivity (Wildman–Crippen MR) is 75.2 cm³/mol. The zero-order valence-electron chi connectivity index (χ0n) is 12.1. The van der Waals surface area contributed by atoms with Gasteiger partial charge in [0.25, 0.3) is 0 Å². The van der Waals surface area contributed by atoms with Gasteiger partial charge in [-0.05, 0) is 49.4 Å². The Hall–Kier alpha value is -0.795. The number of rotatable bonds is 2. The normalized spacial score (nSPS) is 32.3. The van der Waals surface area contributed by atoms with Crippen LogP contribution in [-0.2, 0) is 12.8 Å². The molecule has 0 saturated heterocycles. The Bertz CT molecular complexity index is 438. The molecule has 0 radical (unpaired) electrons. The molecule has 0 N–H and O–H groups in total. The quantitative estimate of drug-likeness (QED) is 0.744. The van der Waals surface area contributed by atoms with Gasteiger partial charge in [0.2, 0.25) is 0 Å². The highest BCUT2D eigenvalue weighted by molar-refractivity contribution is 6.10. The zero-order valence-corrected chi connectivity index (χ0v) is 12.1. The third-order valence-corrected chi connectivity index (χ3v) is 4.96. The molecule has 1 heterocycles. The molecule has 0 bridgehead atoms. The molecule has 1 aromatic rings. The Morgan fingerprint density at radius 1 is 1.17 bits per heavy atom. The summed E-state index contributed by atoms with van der Waals surface area (Å²) in [7, 11) is 2.20. The minimum absolute atomic E-state index is 0.441. The summed E-state index contributed by atoms with van der Waals surface area (Å²) in [5.41, 5.74) is 2.69. The molecule has 0 amide bonds. The standard InChI is InChI=1S/C14H24BN3/c1-8(2)14-10-4-6-12-13(7-5-11(10)14)18(9(3)15)17-16-12/h8-11,14H,4-7,15H2,1-3H3. The smallest absolute Gasteiger partial charge is 0.133 e. The van der Waals surface area contributed by atoms with Crippen molar-refractivity contribution < 1.29 is 0 Å². The lowest BCUT2D eigenvalue weighted by Gasteiger charge is -2.12. The van der Waals surface area contributed by atoms with Crippen molar-refractivity contribution in [1.82, 2.24) is 15.0 Å². The molecule has 1 aromatic heterocycles. The summed E-state index contributed by atoms with van der Waals surface area (Å²) in [5, 5.41) is 8.76. The van der Waals surface area contributed by atoms with E-state index in [2.05, 4.69) is 43.6 Å². The second kappa shape index (κ2) is 4.39. The summed E-state index contributed by atoms with van der Waals surface area (Å²) < 4.78 is 2.14. The van der Waals surface area contributed by atoms with E-state index in [0.717, 1.165) is 30.1 Å². The van der Waals surface area contributed by atoms with Crippen LogP contribution in [0.1, 0.15) is 50.9 Å². The van der Waals surface area contributed by atoms with E-state index in [1.807, 2.05) is 0 Å². The molecule has 0 aromatic carbocycles. The van der Waals surface area contributed by atoms with Crippen LogP contribution in [0.5, 0.6) is 0 Å². The molecule has 98 valence electrons. The fourth-order valence-corrected chi connectivity index (χ4v) is 4.10. The van der Waals surface area contributed by atoms with E-state index in [1.165, 1.54) is 30.7 Å². The number of hydrogen-bond acceptors (Lipinski definition) is 2. The Morgan fingerprint density at radius 3 is 2.44 bits per heavy atom. The van der Waals surface area contributed by atoms with Crippen LogP contribution in [0.25, 0.3) is 0 Å². The summed E-state index contributed by atoms with van der Waals surface area (Å²) in [6.07, 6.45) is 5.01. The summed E-state index contributed by atoms with van der Waals surface area (Å²) in [5.74, 6) is 4.23. The van der Waals surface area contributed by atoms with Gasteiger partial charge < -0.3 is 0 Å². The average molecular weight is 245 g/mol. The molecule has 0 aliphatic heterocycles. The first kappa shape index (κ1) is 12.2. The molecule has 18 heavy (non-hydrogen) atoms. The van der Waals surface area contributed by atoms with Crippen LogP contribution in [0.15, 0.2) is 0 Å². The summed E-state index contributed by atoms with van der Waals surface area (Å²) in [6, 6.07) is 0. The molecule has 0 spiro atoms. The van der Waals surface area contributed by atoms with E-state index >= 15 is 0 Å². The molecule has 2 aliphatic rings. The SMILES string of the molecule is BC(C)n1nnc2c1CCC1C(CC2)C1C(C)C. The van der Waals surface area contributed by atoms with Gasteiger partial charge >= 0.3 is 0 Å². The molecule has 4 heteroatoms. The maximum atomic E-state index is 4.42. The molecule has 1 fully saturated rings. The van der Waals surface area contributed by atoms with E-state index < -0.39 is 0 Å². The highest BCUT2D eigenvalue weighted by atomic mass is 15.4. The first-order valence-corrected chi connectivity index (χ1v) is 7.52. The lowest BCUT2D eigenvalue weighted by molar-refractivity contribution is 0.487. The summed E-state index contributed by atoms with van der Waals surface area (Å²) >= 11 is 0. The molecular formula is C14H24BN3. The third-order valence-electron chi connectivity index (χ3n) is 4.96. The zero-order chi connectivity index (χ0) is 12.9. The summed E-state index contributed by atoms with van der Waals surface area (Å²) in [6.45, 7) is 6.97. The minimum Gasteiger partial charge on any atom is -0.255 e. The summed E-state index contributed by atoms with van der Waals surface area (Å²) in [4.78, 5) is 0. The molecular weight excluding hydrogens is 221 g/mol. The second-order valence-corrected chi connectivity index (χ2v) is 6.75. The van der Waals surface area contributed by atoms with Gasteiger partial charge in [-0.15, -0.1) is 5.10 Å². The first-order chi connectivity index (χ1) is 8.59. The number of fused-ring (bicyclic) bond motifs is 2. The van der Waals surface area contributed by atoms with Crippen molar-refractivity contribution in [3.8, 4) is 0 Å². The number of nitrogens with zero attached hydrogens (tertiary/aromatic N) is 3. The lowest BCUT2D eigenvalue weighted by Crippen LogP contribution is -2.12. The van der Waals surface area contributed by atoms with Crippen LogP contribution in [0.2, 0.25) is 0 Å². The van der Waals surface area contributed by atoms with E-state index in [9.17, 15) is 0 Å². The van der Waals surface area contributed by atoms with Gasteiger partial charge in [0.1, 0.15) is 7.85 Å². The van der Waals surface area contributed by atoms with E-state index in [1.54, 1.807) is 0 Å². The van der Waals surface area contributed by atoms with Crippen molar-refractivity contribution in [2.75, 3.05) is 0 Å². The average Bonchev–Trinajstić information content (AvgIpc) is 2.81. The first-order valence-electron chi connectivity index (χ1n) is 7.52. The van der Waals surface area contributed by atoms with Gasteiger partial charge in [0, 0.05) is 5.94 Å². The van der Waals surface area contributed by atoms with Crippen molar-refractivity contribution >= 4 is 7.85 Å². The Labute approximate surface area is 111 Å². The highest BCUT2D eigenvalue weighted by Crippen LogP contribution is 2.56. The van der Waals surface area contributed by atoms with Gasteiger partial charge in [-0.1, -0.05) is 26.0 Å². The fraction of sp³-hybridized carbons (Fsp3) is 0.857. The monoisotopic (exact) mass is 245 g/mol. The third kappa shape index (κ3) is 1.90. The Balaban J connectivity index is 1.79. The number of aromatic nitrogens is 3. The van der Waals surface area contributed by atoms with Gasteiger partial charge in [-0.3, -0.25) is 4.68 Å². The molecule has 4 unspecified atom stereocenters. The Morgan fingerprint density at radius 2 is 1.83 bits per heavy atom. The predicted octanol–water partition coefficient (Wildman–Crippen LogP) is 1.83. The van der Waals surface area contributed by atoms with Crippen LogP contribution in [0.3, 0.4) is 0 Å². The van der Waals surface area contributed by atoms with Crippen LogP contribution < -0.4 is 0 Å². The molecule has 3 nitrogen and oxygen atoms in total. The van der Waals surface area contributed by atoms with Crippen molar-refractivity contribution in [2.45, 2.75) is 52.4 Å². The van der Waals surface area contributed by atoms with E-state index in [0.29, 0.717) is 5.94 Å². The van der Waals surface area contributed by atoms with Gasteiger partial charge in [-0.25, -0.2) is 0 Å².